The average molecular weight is 240 g/mol. The van der Waals surface area contributed by atoms with E-state index in [1.165, 1.54) is 0 Å². The van der Waals surface area contributed by atoms with Gasteiger partial charge in [0.2, 0.25) is 0 Å². The van der Waals surface area contributed by atoms with Crippen molar-refractivity contribution in [3.63, 3.8) is 0 Å². The van der Waals surface area contributed by atoms with Crippen molar-refractivity contribution in [2.75, 3.05) is 0 Å². The molecule has 2 aromatic heterocycles. The normalized spacial score (nSPS) is 20.6. The van der Waals surface area contributed by atoms with Crippen LogP contribution in [0.3, 0.4) is 0 Å². The molecule has 0 N–H and O–H groups in total. The summed E-state index contributed by atoms with van der Waals surface area (Å²) in [7, 11) is 0. The van der Waals surface area contributed by atoms with Crippen LogP contribution < -0.4 is 0 Å². The predicted octanol–water partition coefficient (Wildman–Crippen LogP) is 1.56. The highest BCUT2D eigenvalue weighted by Crippen LogP contribution is 2.44. The molecular formula is C13H12N4O. The van der Waals surface area contributed by atoms with Gasteiger partial charge in [0, 0.05) is 29.2 Å². The number of nitrogens with zero attached hydrogens (tertiary/aromatic N) is 4. The first-order chi connectivity index (χ1) is 8.56. The summed E-state index contributed by atoms with van der Waals surface area (Å²) in [5.41, 5.74) is 2.79. The van der Waals surface area contributed by atoms with Gasteiger partial charge in [-0.3, -0.25) is 0 Å². The van der Waals surface area contributed by atoms with Gasteiger partial charge in [0.15, 0.2) is 11.3 Å². The Morgan fingerprint density at radius 3 is 3.06 bits per heavy atom. The second kappa shape index (κ2) is 3.39. The molecule has 18 heavy (non-hydrogen) atoms. The molecule has 0 aliphatic heterocycles. The largest absolute Gasteiger partial charge is 0.303 e. The summed E-state index contributed by atoms with van der Waals surface area (Å²) in [6.45, 7) is 4.17. The first-order valence-electron chi connectivity index (χ1n) is 5.81. The zero-order valence-corrected chi connectivity index (χ0v) is 10.2. The lowest BCUT2D eigenvalue weighted by Gasteiger charge is -2.19. The van der Waals surface area contributed by atoms with Crippen LogP contribution in [0.2, 0.25) is 0 Å². The fraction of sp³-hybridized carbons (Fsp3) is 0.385. The second-order valence-corrected chi connectivity index (χ2v) is 5.30. The third-order valence-electron chi connectivity index (χ3n) is 3.56. The second-order valence-electron chi connectivity index (χ2n) is 5.30. The van der Waals surface area contributed by atoms with Crippen molar-refractivity contribution in [3.05, 3.63) is 29.2 Å². The van der Waals surface area contributed by atoms with Crippen LogP contribution in [0.15, 0.2) is 12.3 Å². The number of hydrogen-bond donors (Lipinski definition) is 0. The standard InChI is InChI=1S/C13H12N4O/c1-13(2)4-8(7-18)10-6-15-11-3-9(5-14)16-17(11)12(10)13/h3,6-8H,4H2,1-2H3. The summed E-state index contributed by atoms with van der Waals surface area (Å²) in [5, 5.41) is 13.1. The molecule has 5 nitrogen and oxygen atoms in total. The number of nitriles is 1. The van der Waals surface area contributed by atoms with Crippen molar-refractivity contribution in [1.82, 2.24) is 14.6 Å². The summed E-state index contributed by atoms with van der Waals surface area (Å²) in [5.74, 6) is -0.123. The van der Waals surface area contributed by atoms with Crippen LogP contribution in [0.25, 0.3) is 5.65 Å². The monoisotopic (exact) mass is 240 g/mol. The van der Waals surface area contributed by atoms with Gasteiger partial charge in [0.25, 0.3) is 0 Å². The maximum absolute atomic E-state index is 11.1. The van der Waals surface area contributed by atoms with E-state index in [0.29, 0.717) is 11.3 Å². The number of carbonyl (C=O) groups is 1. The molecule has 2 heterocycles. The molecule has 1 unspecified atom stereocenters. The molecule has 0 radical (unpaired) electrons. The van der Waals surface area contributed by atoms with E-state index in [1.807, 2.05) is 6.07 Å². The minimum Gasteiger partial charge on any atom is -0.303 e. The third-order valence-corrected chi connectivity index (χ3v) is 3.56. The third kappa shape index (κ3) is 1.29. The quantitative estimate of drug-likeness (QED) is 0.709. The molecule has 0 amide bonds. The highest BCUT2D eigenvalue weighted by atomic mass is 16.1. The Morgan fingerprint density at radius 1 is 1.61 bits per heavy atom. The van der Waals surface area contributed by atoms with Gasteiger partial charge in [0.05, 0.1) is 5.69 Å². The Balaban J connectivity index is 2.37. The number of aldehydes is 1. The molecule has 90 valence electrons. The van der Waals surface area contributed by atoms with E-state index < -0.39 is 0 Å². The summed E-state index contributed by atoms with van der Waals surface area (Å²) in [4.78, 5) is 15.4. The Bertz CT molecular complexity index is 693. The van der Waals surface area contributed by atoms with E-state index in [0.717, 1.165) is 24.0 Å². The summed E-state index contributed by atoms with van der Waals surface area (Å²) < 4.78 is 1.71. The number of rotatable bonds is 1. The minimum atomic E-state index is -0.138. The summed E-state index contributed by atoms with van der Waals surface area (Å²) in [6.07, 6.45) is 3.46. The van der Waals surface area contributed by atoms with Gasteiger partial charge in [-0.05, 0) is 6.42 Å². The van der Waals surface area contributed by atoms with Gasteiger partial charge in [-0.1, -0.05) is 13.8 Å². The zero-order chi connectivity index (χ0) is 12.9. The van der Waals surface area contributed by atoms with Gasteiger partial charge in [-0.2, -0.15) is 10.4 Å². The lowest BCUT2D eigenvalue weighted by Crippen LogP contribution is -2.17. The van der Waals surface area contributed by atoms with Crippen LogP contribution in [0.1, 0.15) is 43.1 Å². The van der Waals surface area contributed by atoms with Crippen LogP contribution in [0.5, 0.6) is 0 Å². The topological polar surface area (TPSA) is 71.0 Å². The summed E-state index contributed by atoms with van der Waals surface area (Å²) >= 11 is 0. The number of carbonyl (C=O) groups excluding carboxylic acids is 1. The van der Waals surface area contributed by atoms with E-state index in [-0.39, 0.29) is 11.3 Å². The molecule has 2 aromatic rings. The van der Waals surface area contributed by atoms with Crippen molar-refractivity contribution in [2.24, 2.45) is 0 Å². The average Bonchev–Trinajstić information content (AvgIpc) is 2.87. The number of fused-ring (bicyclic) bond motifs is 3. The highest BCUT2D eigenvalue weighted by molar-refractivity contribution is 5.66. The smallest absolute Gasteiger partial charge is 0.165 e. The summed E-state index contributed by atoms with van der Waals surface area (Å²) in [6, 6.07) is 3.68. The Kier molecular flexibility index (Phi) is 2.05. The molecule has 1 aliphatic rings. The van der Waals surface area contributed by atoms with Crippen LogP contribution in [0.4, 0.5) is 0 Å². The van der Waals surface area contributed by atoms with Crippen molar-refractivity contribution in [3.8, 4) is 6.07 Å². The first kappa shape index (κ1) is 10.9. The molecule has 0 bridgehead atoms. The van der Waals surface area contributed by atoms with Crippen molar-refractivity contribution in [1.29, 1.82) is 5.26 Å². The Morgan fingerprint density at radius 2 is 2.39 bits per heavy atom. The SMILES string of the molecule is CC1(C)CC(C=O)c2cnc3cc(C#N)nn3c21. The van der Waals surface area contributed by atoms with Crippen LogP contribution in [0, 0.1) is 11.3 Å². The molecule has 0 spiro atoms. The fourth-order valence-corrected chi connectivity index (χ4v) is 2.83. The van der Waals surface area contributed by atoms with Crippen LogP contribution >= 0.6 is 0 Å². The molecule has 0 saturated carbocycles. The molecule has 5 heteroatoms. The fourth-order valence-electron chi connectivity index (χ4n) is 2.83. The highest BCUT2D eigenvalue weighted by Gasteiger charge is 2.39. The van der Waals surface area contributed by atoms with E-state index in [9.17, 15) is 4.79 Å². The van der Waals surface area contributed by atoms with E-state index in [1.54, 1.807) is 16.8 Å². The van der Waals surface area contributed by atoms with Gasteiger partial charge in [-0.15, -0.1) is 0 Å². The minimum absolute atomic E-state index is 0.123. The van der Waals surface area contributed by atoms with Crippen LogP contribution in [-0.4, -0.2) is 20.9 Å². The maximum Gasteiger partial charge on any atom is 0.165 e. The van der Waals surface area contributed by atoms with Gasteiger partial charge < -0.3 is 4.79 Å². The first-order valence-corrected chi connectivity index (χ1v) is 5.81. The predicted molar refractivity (Wildman–Crippen MR) is 64.2 cm³/mol. The molecule has 1 atom stereocenters. The Labute approximate surface area is 104 Å². The van der Waals surface area contributed by atoms with Gasteiger partial charge in [0.1, 0.15) is 12.4 Å². The van der Waals surface area contributed by atoms with E-state index >= 15 is 0 Å². The molecular weight excluding hydrogens is 228 g/mol. The molecule has 1 aliphatic carbocycles. The van der Waals surface area contributed by atoms with Gasteiger partial charge in [-0.25, -0.2) is 9.50 Å². The van der Waals surface area contributed by atoms with Crippen molar-refractivity contribution < 1.29 is 4.79 Å². The lowest BCUT2D eigenvalue weighted by molar-refractivity contribution is -0.109. The van der Waals surface area contributed by atoms with Crippen molar-refractivity contribution >= 4 is 11.9 Å². The van der Waals surface area contributed by atoms with Crippen LogP contribution in [-0.2, 0) is 10.2 Å². The Hall–Kier alpha value is -2.22. The molecule has 0 fully saturated rings. The van der Waals surface area contributed by atoms with Crippen molar-refractivity contribution in [2.45, 2.75) is 31.6 Å². The molecule has 0 saturated heterocycles. The number of hydrogen-bond acceptors (Lipinski definition) is 4. The van der Waals surface area contributed by atoms with Gasteiger partial charge >= 0.3 is 0 Å². The molecule has 3 rings (SSSR count). The number of aromatic nitrogens is 3. The van der Waals surface area contributed by atoms with E-state index in [4.69, 9.17) is 5.26 Å². The molecule has 0 aromatic carbocycles. The maximum atomic E-state index is 11.1. The van der Waals surface area contributed by atoms with E-state index in [2.05, 4.69) is 23.9 Å². The zero-order valence-electron chi connectivity index (χ0n) is 10.2. The lowest BCUT2D eigenvalue weighted by atomic mass is 9.89.